The fraction of sp³-hybridized carbons (Fsp3) is 0.533. The first kappa shape index (κ1) is 18.0. The third-order valence-corrected chi connectivity index (χ3v) is 4.76. The molecule has 0 bridgehead atoms. The van der Waals surface area contributed by atoms with Gasteiger partial charge in [-0.05, 0) is 31.9 Å². The van der Waals surface area contributed by atoms with Gasteiger partial charge in [0.15, 0.2) is 0 Å². The summed E-state index contributed by atoms with van der Waals surface area (Å²) in [6, 6.07) is 7.11. The molecule has 0 N–H and O–H groups in total. The molecule has 118 valence electrons. The minimum Gasteiger partial charge on any atom is -0.339 e. The van der Waals surface area contributed by atoms with Crippen LogP contribution in [0, 0.1) is 0 Å². The van der Waals surface area contributed by atoms with E-state index in [9.17, 15) is 13.2 Å². The van der Waals surface area contributed by atoms with Crippen LogP contribution in [-0.2, 0) is 21.1 Å². The van der Waals surface area contributed by atoms with Crippen molar-refractivity contribution in [1.82, 2.24) is 4.90 Å². The summed E-state index contributed by atoms with van der Waals surface area (Å²) in [6.45, 7) is 4.11. The van der Waals surface area contributed by atoms with E-state index in [0.29, 0.717) is 24.4 Å². The Morgan fingerprint density at radius 2 is 1.95 bits per heavy atom. The number of aryl methyl sites for hydroxylation is 1. The summed E-state index contributed by atoms with van der Waals surface area (Å²) >= 11 is 6.07. The van der Waals surface area contributed by atoms with Crippen LogP contribution in [0.1, 0.15) is 25.8 Å². The lowest BCUT2D eigenvalue weighted by atomic mass is 10.1. The van der Waals surface area contributed by atoms with E-state index in [1.807, 2.05) is 25.1 Å². The summed E-state index contributed by atoms with van der Waals surface area (Å²) in [5, 5.41) is 0.650. The van der Waals surface area contributed by atoms with Gasteiger partial charge in [-0.15, -0.1) is 0 Å². The van der Waals surface area contributed by atoms with Crippen LogP contribution in [-0.4, -0.2) is 43.8 Å². The molecule has 0 spiro atoms. The first-order valence-electron chi connectivity index (χ1n) is 6.95. The van der Waals surface area contributed by atoms with Crippen molar-refractivity contribution in [3.63, 3.8) is 0 Å². The molecule has 1 atom stereocenters. The molecule has 1 rings (SSSR count). The highest BCUT2D eigenvalue weighted by atomic mass is 35.5. The Labute approximate surface area is 132 Å². The molecule has 6 heteroatoms. The normalized spacial score (nSPS) is 13.0. The number of halogens is 1. The molecule has 21 heavy (non-hydrogen) atoms. The maximum atomic E-state index is 12.3. The lowest BCUT2D eigenvalue weighted by molar-refractivity contribution is -0.132. The molecule has 0 saturated carbocycles. The van der Waals surface area contributed by atoms with E-state index in [1.54, 1.807) is 17.9 Å². The van der Waals surface area contributed by atoms with Gasteiger partial charge in [-0.1, -0.05) is 29.8 Å². The van der Waals surface area contributed by atoms with E-state index in [2.05, 4.69) is 0 Å². The Kier molecular flexibility index (Phi) is 6.68. The zero-order valence-electron chi connectivity index (χ0n) is 12.7. The minimum atomic E-state index is -3.10. The van der Waals surface area contributed by atoms with Gasteiger partial charge in [0.05, 0.1) is 5.75 Å². The van der Waals surface area contributed by atoms with E-state index in [-0.39, 0.29) is 17.7 Å². The van der Waals surface area contributed by atoms with Gasteiger partial charge < -0.3 is 4.90 Å². The minimum absolute atomic E-state index is 0.0152. The number of benzene rings is 1. The van der Waals surface area contributed by atoms with Gasteiger partial charge >= 0.3 is 0 Å². The molecule has 0 heterocycles. The van der Waals surface area contributed by atoms with E-state index in [1.165, 1.54) is 6.26 Å². The van der Waals surface area contributed by atoms with Crippen molar-refractivity contribution in [2.75, 3.05) is 18.6 Å². The van der Waals surface area contributed by atoms with Crippen molar-refractivity contribution in [2.45, 2.75) is 32.7 Å². The summed E-state index contributed by atoms with van der Waals surface area (Å²) in [5.74, 6) is -0.0628. The molecule has 4 nitrogen and oxygen atoms in total. The maximum absolute atomic E-state index is 12.3. The first-order valence-corrected chi connectivity index (χ1v) is 9.39. The lowest BCUT2D eigenvalue weighted by Gasteiger charge is -2.27. The van der Waals surface area contributed by atoms with E-state index in [4.69, 9.17) is 11.6 Å². The highest BCUT2D eigenvalue weighted by Gasteiger charge is 2.21. The average molecular weight is 332 g/mol. The molecule has 0 saturated heterocycles. The second-order valence-corrected chi connectivity index (χ2v) is 7.80. The molecule has 1 amide bonds. The van der Waals surface area contributed by atoms with E-state index < -0.39 is 9.84 Å². The highest BCUT2D eigenvalue weighted by Crippen LogP contribution is 2.17. The quantitative estimate of drug-likeness (QED) is 0.771. The molecule has 1 aromatic carbocycles. The van der Waals surface area contributed by atoms with Crippen LogP contribution in [0.2, 0.25) is 5.02 Å². The van der Waals surface area contributed by atoms with Crippen LogP contribution in [0.5, 0.6) is 0 Å². The number of hydrogen-bond donors (Lipinski definition) is 0. The third kappa shape index (κ3) is 6.06. The molecule has 0 aliphatic rings. The summed E-state index contributed by atoms with van der Waals surface area (Å²) in [4.78, 5) is 13.9. The zero-order chi connectivity index (χ0) is 16.0. The van der Waals surface area contributed by atoms with Crippen LogP contribution in [0.3, 0.4) is 0 Å². The maximum Gasteiger partial charge on any atom is 0.223 e. The fourth-order valence-corrected chi connectivity index (χ4v) is 3.63. The Balaban J connectivity index is 2.66. The standard InChI is InChI=1S/C15H22ClNO3S/c1-4-17(12(2)11-21(3,19)20)15(18)10-9-13-7-5-6-8-14(13)16/h5-8,12H,4,9-11H2,1-3H3/t12-/m1/s1. The molecule has 0 aliphatic heterocycles. The smallest absolute Gasteiger partial charge is 0.223 e. The van der Waals surface area contributed by atoms with Crippen LogP contribution < -0.4 is 0 Å². The largest absolute Gasteiger partial charge is 0.339 e. The number of amides is 1. The molecular weight excluding hydrogens is 310 g/mol. The second kappa shape index (κ2) is 7.80. The van der Waals surface area contributed by atoms with Crippen LogP contribution in [0.25, 0.3) is 0 Å². The SMILES string of the molecule is CCN(C(=O)CCc1ccccc1Cl)[C@H](C)CS(C)(=O)=O. The predicted octanol–water partition coefficient (Wildman–Crippen LogP) is 2.55. The number of rotatable bonds is 7. The molecule has 1 aromatic rings. The van der Waals surface area contributed by atoms with Gasteiger partial charge in [0, 0.05) is 30.3 Å². The summed E-state index contributed by atoms with van der Waals surface area (Å²) < 4.78 is 22.7. The van der Waals surface area contributed by atoms with Gasteiger partial charge in [0.25, 0.3) is 0 Å². The van der Waals surface area contributed by atoms with E-state index >= 15 is 0 Å². The van der Waals surface area contributed by atoms with Crippen molar-refractivity contribution < 1.29 is 13.2 Å². The summed E-state index contributed by atoms with van der Waals surface area (Å²) in [5.41, 5.74) is 0.930. The Morgan fingerprint density at radius 3 is 2.48 bits per heavy atom. The predicted molar refractivity (Wildman–Crippen MR) is 86.3 cm³/mol. The van der Waals surface area contributed by atoms with Crippen molar-refractivity contribution in [3.8, 4) is 0 Å². The number of carbonyl (C=O) groups is 1. The van der Waals surface area contributed by atoms with Crippen LogP contribution >= 0.6 is 11.6 Å². The Morgan fingerprint density at radius 1 is 1.33 bits per heavy atom. The zero-order valence-corrected chi connectivity index (χ0v) is 14.2. The van der Waals surface area contributed by atoms with Gasteiger partial charge in [0.1, 0.15) is 9.84 Å². The van der Waals surface area contributed by atoms with E-state index in [0.717, 1.165) is 5.56 Å². The van der Waals surface area contributed by atoms with Gasteiger partial charge in [0.2, 0.25) is 5.91 Å². The van der Waals surface area contributed by atoms with Gasteiger partial charge in [-0.25, -0.2) is 8.42 Å². The molecule has 0 radical (unpaired) electrons. The summed E-state index contributed by atoms with van der Waals surface area (Å²) in [6.07, 6.45) is 2.07. The first-order chi connectivity index (χ1) is 9.74. The van der Waals surface area contributed by atoms with Crippen molar-refractivity contribution in [1.29, 1.82) is 0 Å². The van der Waals surface area contributed by atoms with Crippen molar-refractivity contribution in [3.05, 3.63) is 34.9 Å². The highest BCUT2D eigenvalue weighted by molar-refractivity contribution is 7.90. The molecule has 0 aliphatic carbocycles. The summed E-state index contributed by atoms with van der Waals surface area (Å²) in [7, 11) is -3.10. The monoisotopic (exact) mass is 331 g/mol. The number of nitrogens with zero attached hydrogens (tertiary/aromatic N) is 1. The van der Waals surface area contributed by atoms with Crippen molar-refractivity contribution in [2.24, 2.45) is 0 Å². The van der Waals surface area contributed by atoms with Crippen molar-refractivity contribution >= 4 is 27.3 Å². The average Bonchev–Trinajstić information content (AvgIpc) is 2.36. The third-order valence-electron chi connectivity index (χ3n) is 3.30. The second-order valence-electron chi connectivity index (χ2n) is 5.21. The van der Waals surface area contributed by atoms with Gasteiger partial charge in [-0.2, -0.15) is 0 Å². The number of hydrogen-bond acceptors (Lipinski definition) is 3. The van der Waals surface area contributed by atoms with Crippen LogP contribution in [0.4, 0.5) is 0 Å². The molecule has 0 aromatic heterocycles. The Hall–Kier alpha value is -1.07. The number of carbonyl (C=O) groups excluding carboxylic acids is 1. The topological polar surface area (TPSA) is 54.5 Å². The lowest BCUT2D eigenvalue weighted by Crippen LogP contribution is -2.42. The molecular formula is C15H22ClNO3S. The fourth-order valence-electron chi connectivity index (χ4n) is 2.35. The van der Waals surface area contributed by atoms with Crippen LogP contribution in [0.15, 0.2) is 24.3 Å². The molecule has 0 unspecified atom stereocenters. The Bertz CT molecular complexity index is 586. The molecule has 0 fully saturated rings. The van der Waals surface area contributed by atoms with Gasteiger partial charge in [-0.3, -0.25) is 4.79 Å². The number of sulfone groups is 1.